The predicted molar refractivity (Wildman–Crippen MR) is 314 cm³/mol. The Morgan fingerprint density at radius 2 is 1.12 bits per heavy atom. The van der Waals surface area contributed by atoms with E-state index in [-0.39, 0.29) is 49.1 Å². The summed E-state index contributed by atoms with van der Waals surface area (Å²) in [4.78, 5) is 9.67. The van der Waals surface area contributed by atoms with Gasteiger partial charge in [-0.25, -0.2) is 4.98 Å². The number of hydrogen-bond donors (Lipinski definition) is 0. The third-order valence-corrected chi connectivity index (χ3v) is 15.7. The molecule has 0 N–H and O–H groups in total. The first-order chi connectivity index (χ1) is 36.0. The number of aromatic nitrogens is 2. The van der Waals surface area contributed by atoms with E-state index in [4.69, 9.17) is 9.72 Å². The number of hydrogen-bond acceptors (Lipinski definition) is 4. The maximum Gasteiger partial charge on any atom is 0.135 e. The van der Waals surface area contributed by atoms with Crippen LogP contribution in [0.1, 0.15) is 127 Å². The smallest absolute Gasteiger partial charge is 0.135 e. The normalized spacial score (nSPS) is 13.0. The number of ether oxygens (including phenoxy) is 1. The number of pyridine rings is 1. The van der Waals surface area contributed by atoms with Gasteiger partial charge in [0.25, 0.3) is 0 Å². The first-order valence-corrected chi connectivity index (χ1v) is 26.6. The minimum absolute atomic E-state index is 0. The summed E-state index contributed by atoms with van der Waals surface area (Å²) in [6.45, 7) is 27.4. The Morgan fingerprint density at radius 1 is 0.500 bits per heavy atom. The van der Waals surface area contributed by atoms with Crippen LogP contribution in [0.5, 0.6) is 11.5 Å². The van der Waals surface area contributed by atoms with Crippen molar-refractivity contribution in [2.24, 2.45) is 0 Å². The maximum absolute atomic E-state index is 7.15. The summed E-state index contributed by atoms with van der Waals surface area (Å²) in [5.74, 6) is 2.60. The van der Waals surface area contributed by atoms with E-state index in [1.54, 1.807) is 0 Å². The largest absolute Gasteiger partial charge is 0.509 e. The van der Waals surface area contributed by atoms with Gasteiger partial charge in [-0.1, -0.05) is 197 Å². The third kappa shape index (κ3) is 9.57. The molecule has 3 heterocycles. The van der Waals surface area contributed by atoms with Gasteiger partial charge in [0.2, 0.25) is 0 Å². The van der Waals surface area contributed by atoms with Crippen molar-refractivity contribution in [3.63, 3.8) is 0 Å². The molecule has 1 aliphatic rings. The second-order valence-corrected chi connectivity index (χ2v) is 23.0. The Bertz CT molecular complexity index is 3710. The van der Waals surface area contributed by atoms with Crippen LogP contribution in [0.15, 0.2) is 188 Å². The van der Waals surface area contributed by atoms with E-state index in [0.717, 1.165) is 55.9 Å². The zero-order valence-corrected chi connectivity index (χ0v) is 47.9. The molecule has 0 amide bonds. The quantitative estimate of drug-likeness (QED) is 0.114. The second kappa shape index (κ2) is 20.4. The van der Waals surface area contributed by atoms with Crippen molar-refractivity contribution in [3.05, 3.63) is 246 Å². The molecule has 76 heavy (non-hydrogen) atoms. The standard InChI is InChI=1S/C70H67N4O.Pt/c1-46(2)58-29-21-30-59(47(3)4)67(58)48-38-55(73-45-72(63-35-32-51(41-65(63)73)68(5,6)7)54-27-20-26-52(40-54)69(8,9)49-22-14-12-15-23-49)43-57(39-48)75-56-33-34-61-60-28-18-19-31-62(60)74(64(61)44-56)66-42-53(36-37-71-66)70(10,11)50-24-16-13-17-25-50;/h12-42,45-47H,1-11H3;/q-3;. The average molecular weight is 1180 g/mol. The van der Waals surface area contributed by atoms with Crippen molar-refractivity contribution in [2.45, 2.75) is 104 Å². The van der Waals surface area contributed by atoms with Crippen LogP contribution in [-0.4, -0.2) is 9.55 Å². The van der Waals surface area contributed by atoms with Crippen LogP contribution >= 0.6 is 0 Å². The zero-order chi connectivity index (χ0) is 52.4. The first-order valence-electron chi connectivity index (χ1n) is 26.6. The second-order valence-electron chi connectivity index (χ2n) is 23.0. The van der Waals surface area contributed by atoms with E-state index in [0.29, 0.717) is 11.5 Å². The van der Waals surface area contributed by atoms with Crippen LogP contribution in [0.2, 0.25) is 0 Å². The molecule has 0 saturated carbocycles. The van der Waals surface area contributed by atoms with Crippen LogP contribution < -0.4 is 14.5 Å². The summed E-state index contributed by atoms with van der Waals surface area (Å²) in [6.07, 6.45) is 1.93. The molecule has 5 nitrogen and oxygen atoms in total. The van der Waals surface area contributed by atoms with Gasteiger partial charge in [-0.2, -0.15) is 6.07 Å². The van der Waals surface area contributed by atoms with Gasteiger partial charge in [-0.15, -0.1) is 53.6 Å². The van der Waals surface area contributed by atoms with Gasteiger partial charge in [0.1, 0.15) is 5.82 Å². The van der Waals surface area contributed by atoms with E-state index >= 15 is 0 Å². The Balaban J connectivity index is 0.00000657. The van der Waals surface area contributed by atoms with Gasteiger partial charge in [0.05, 0.1) is 0 Å². The molecule has 1 aliphatic heterocycles. The molecule has 0 spiro atoms. The molecule has 8 aromatic carbocycles. The number of nitrogens with zero attached hydrogens (tertiary/aromatic N) is 4. The molecule has 0 radical (unpaired) electrons. The number of benzene rings is 8. The predicted octanol–water partition coefficient (Wildman–Crippen LogP) is 18.8. The van der Waals surface area contributed by atoms with E-state index in [1.165, 1.54) is 44.5 Å². The molecule has 0 fully saturated rings. The van der Waals surface area contributed by atoms with E-state index in [9.17, 15) is 0 Å². The Hall–Kier alpha value is -7.20. The summed E-state index contributed by atoms with van der Waals surface area (Å²) >= 11 is 0. The number of rotatable bonds is 12. The molecule has 0 bridgehead atoms. The zero-order valence-electron chi connectivity index (χ0n) is 45.6. The van der Waals surface area contributed by atoms with Crippen molar-refractivity contribution < 1.29 is 25.8 Å². The Morgan fingerprint density at radius 3 is 1.78 bits per heavy atom. The molecule has 10 aromatic rings. The van der Waals surface area contributed by atoms with Crippen molar-refractivity contribution in [3.8, 4) is 28.4 Å². The summed E-state index contributed by atoms with van der Waals surface area (Å²) in [5, 5.41) is 2.20. The monoisotopic (exact) mass is 1170 g/mol. The van der Waals surface area contributed by atoms with Crippen molar-refractivity contribution in [1.82, 2.24) is 9.55 Å². The molecule has 0 atom stereocenters. The molecule has 0 unspecified atom stereocenters. The van der Waals surface area contributed by atoms with Crippen molar-refractivity contribution in [2.75, 3.05) is 9.80 Å². The minimum Gasteiger partial charge on any atom is -0.509 e. The fraction of sp³-hybridized carbons (Fsp3) is 0.229. The van der Waals surface area contributed by atoms with Crippen molar-refractivity contribution in [1.29, 1.82) is 0 Å². The van der Waals surface area contributed by atoms with Crippen LogP contribution in [0.25, 0.3) is 38.8 Å². The third-order valence-electron chi connectivity index (χ3n) is 15.7. The van der Waals surface area contributed by atoms with Gasteiger partial charge in [0.15, 0.2) is 0 Å². The SMILES string of the molecule is CC(C)c1cccc(C(C)C)c1-c1cc(Oc2[c-]c3c(cc2)c2ccccc2n3-c2cc(C(C)(C)c3ccccc3)ccn2)[c-]c(N2[CH-]N(c3cccc(C(C)(C)c4ccccc4)c3)c3ccc(C(C)(C)C)cc32)c1.[Pt]. The molecule has 386 valence electrons. The molecule has 2 aromatic heterocycles. The summed E-state index contributed by atoms with van der Waals surface area (Å²) < 4.78 is 9.38. The fourth-order valence-corrected chi connectivity index (χ4v) is 11.1. The van der Waals surface area contributed by atoms with Gasteiger partial charge in [-0.05, 0) is 110 Å². The van der Waals surface area contributed by atoms with E-state index in [2.05, 4.69) is 285 Å². The topological polar surface area (TPSA) is 33.5 Å². The van der Waals surface area contributed by atoms with Gasteiger partial charge < -0.3 is 19.1 Å². The van der Waals surface area contributed by atoms with Crippen LogP contribution in [0.4, 0.5) is 22.7 Å². The van der Waals surface area contributed by atoms with Crippen LogP contribution in [0.3, 0.4) is 0 Å². The maximum atomic E-state index is 7.15. The number of anilines is 4. The van der Waals surface area contributed by atoms with Gasteiger partial charge >= 0.3 is 0 Å². The molecule has 11 rings (SSSR count). The first kappa shape index (κ1) is 52.2. The average Bonchev–Trinajstić information content (AvgIpc) is 3.99. The summed E-state index contributed by atoms with van der Waals surface area (Å²) in [5.41, 5.74) is 16.7. The number of fused-ring (bicyclic) bond motifs is 4. The number of para-hydroxylation sites is 1. The van der Waals surface area contributed by atoms with E-state index in [1.807, 2.05) is 12.3 Å². The van der Waals surface area contributed by atoms with Gasteiger partial charge in [-0.3, -0.25) is 0 Å². The molecule has 0 aliphatic carbocycles. The van der Waals surface area contributed by atoms with E-state index < -0.39 is 0 Å². The fourth-order valence-electron chi connectivity index (χ4n) is 11.1. The van der Waals surface area contributed by atoms with Gasteiger partial charge in [0, 0.05) is 72.2 Å². The van der Waals surface area contributed by atoms with Crippen LogP contribution in [-0.2, 0) is 37.3 Å². The molecule has 6 heteroatoms. The minimum atomic E-state index is -0.250. The summed E-state index contributed by atoms with van der Waals surface area (Å²) in [6, 6.07) is 73.4. The Labute approximate surface area is 465 Å². The summed E-state index contributed by atoms with van der Waals surface area (Å²) in [7, 11) is 0. The molecular formula is C70H67N4OPt-3. The molecule has 0 saturated heterocycles. The van der Waals surface area contributed by atoms with Crippen LogP contribution in [0, 0.1) is 18.8 Å². The molecular weight excluding hydrogens is 1110 g/mol. The van der Waals surface area contributed by atoms with Crippen molar-refractivity contribution >= 4 is 44.6 Å². The Kier molecular flexibility index (Phi) is 14.0.